The van der Waals surface area contributed by atoms with E-state index in [1.807, 2.05) is 4.90 Å². The van der Waals surface area contributed by atoms with Crippen molar-refractivity contribution in [3.05, 3.63) is 22.6 Å². The van der Waals surface area contributed by atoms with Gasteiger partial charge in [0.15, 0.2) is 4.67 Å². The van der Waals surface area contributed by atoms with Gasteiger partial charge in [-0.15, -0.1) is 0 Å². The Bertz CT molecular complexity index is 378. The molecule has 1 aliphatic heterocycles. The van der Waals surface area contributed by atoms with Crippen LogP contribution >= 0.6 is 15.9 Å². The molecule has 1 fully saturated rings. The molecule has 88 valence electrons. The van der Waals surface area contributed by atoms with Crippen LogP contribution in [0.4, 0.5) is 0 Å². The third-order valence-corrected chi connectivity index (χ3v) is 3.24. The second kappa shape index (κ2) is 5.01. The van der Waals surface area contributed by atoms with Crippen molar-refractivity contribution in [1.82, 2.24) is 9.80 Å². The molecule has 2 rings (SSSR count). The summed E-state index contributed by atoms with van der Waals surface area (Å²) in [5.74, 6) is 0.0600. The Hall–Kier alpha value is -0.810. The average molecular weight is 287 g/mol. The largest absolute Gasteiger partial charge is 0.457 e. The number of halogens is 1. The maximum atomic E-state index is 12.1. The number of furan rings is 1. The predicted octanol–water partition coefficient (Wildman–Crippen LogP) is 1.82. The molecule has 0 spiro atoms. The van der Waals surface area contributed by atoms with Crippen LogP contribution in [0.1, 0.15) is 16.8 Å². The van der Waals surface area contributed by atoms with Gasteiger partial charge < -0.3 is 14.2 Å². The fourth-order valence-corrected chi connectivity index (χ4v) is 2.19. The number of hydrogen-bond acceptors (Lipinski definition) is 3. The van der Waals surface area contributed by atoms with E-state index in [1.165, 1.54) is 6.26 Å². The molecular formula is C11H15BrN2O2. The van der Waals surface area contributed by atoms with Crippen LogP contribution in [0.2, 0.25) is 0 Å². The van der Waals surface area contributed by atoms with E-state index in [-0.39, 0.29) is 5.91 Å². The molecule has 0 unspecified atom stereocenters. The lowest BCUT2D eigenvalue weighted by Crippen LogP contribution is -2.34. The van der Waals surface area contributed by atoms with E-state index in [0.717, 1.165) is 32.6 Å². The van der Waals surface area contributed by atoms with E-state index in [4.69, 9.17) is 4.42 Å². The Morgan fingerprint density at radius 3 is 2.88 bits per heavy atom. The Kier molecular flexibility index (Phi) is 3.66. The van der Waals surface area contributed by atoms with Gasteiger partial charge in [0.2, 0.25) is 0 Å². The SMILES string of the molecule is CN1CCCN(C(=O)c2coc(Br)c2)CC1. The molecule has 0 N–H and O–H groups in total. The van der Waals surface area contributed by atoms with Crippen molar-refractivity contribution in [3.63, 3.8) is 0 Å². The fourth-order valence-electron chi connectivity index (χ4n) is 1.85. The first kappa shape index (κ1) is 11.7. The molecule has 1 saturated heterocycles. The summed E-state index contributed by atoms with van der Waals surface area (Å²) in [4.78, 5) is 16.2. The summed E-state index contributed by atoms with van der Waals surface area (Å²) in [7, 11) is 2.09. The topological polar surface area (TPSA) is 36.7 Å². The Morgan fingerprint density at radius 2 is 2.19 bits per heavy atom. The number of carbonyl (C=O) groups is 1. The van der Waals surface area contributed by atoms with Crippen LogP contribution in [0.15, 0.2) is 21.4 Å². The van der Waals surface area contributed by atoms with Crippen LogP contribution in [-0.4, -0.2) is 48.9 Å². The van der Waals surface area contributed by atoms with Crippen LogP contribution in [-0.2, 0) is 0 Å². The highest BCUT2D eigenvalue weighted by Crippen LogP contribution is 2.16. The molecule has 1 aliphatic rings. The van der Waals surface area contributed by atoms with Crippen molar-refractivity contribution in [2.75, 3.05) is 33.2 Å². The van der Waals surface area contributed by atoms with Crippen LogP contribution in [0.25, 0.3) is 0 Å². The number of hydrogen-bond donors (Lipinski definition) is 0. The first-order chi connectivity index (χ1) is 7.66. The second-order valence-electron chi connectivity index (χ2n) is 4.09. The van der Waals surface area contributed by atoms with Crippen molar-refractivity contribution >= 4 is 21.8 Å². The second-order valence-corrected chi connectivity index (χ2v) is 4.87. The fraction of sp³-hybridized carbons (Fsp3) is 0.545. The van der Waals surface area contributed by atoms with Gasteiger partial charge in [0.05, 0.1) is 5.56 Å². The summed E-state index contributed by atoms with van der Waals surface area (Å²) in [6, 6.07) is 1.72. The molecular weight excluding hydrogens is 272 g/mol. The number of carbonyl (C=O) groups excluding carboxylic acids is 1. The lowest BCUT2D eigenvalue weighted by atomic mass is 10.3. The summed E-state index contributed by atoms with van der Waals surface area (Å²) >= 11 is 3.20. The van der Waals surface area contributed by atoms with Gasteiger partial charge in [0, 0.05) is 25.7 Å². The maximum absolute atomic E-state index is 12.1. The molecule has 0 radical (unpaired) electrons. The third-order valence-electron chi connectivity index (χ3n) is 2.82. The van der Waals surface area contributed by atoms with Crippen LogP contribution in [0.5, 0.6) is 0 Å². The molecule has 4 nitrogen and oxygen atoms in total. The van der Waals surface area contributed by atoms with E-state index < -0.39 is 0 Å². The lowest BCUT2D eigenvalue weighted by molar-refractivity contribution is 0.0762. The number of nitrogens with zero attached hydrogens (tertiary/aromatic N) is 2. The summed E-state index contributed by atoms with van der Waals surface area (Å²) in [6.45, 7) is 3.60. The molecule has 1 amide bonds. The monoisotopic (exact) mass is 286 g/mol. The van der Waals surface area contributed by atoms with Gasteiger partial charge in [-0.2, -0.15) is 0 Å². The highest BCUT2D eigenvalue weighted by atomic mass is 79.9. The van der Waals surface area contributed by atoms with E-state index >= 15 is 0 Å². The smallest absolute Gasteiger partial charge is 0.257 e. The van der Waals surface area contributed by atoms with Crippen molar-refractivity contribution in [1.29, 1.82) is 0 Å². The molecule has 0 aromatic carbocycles. The molecule has 2 heterocycles. The lowest BCUT2D eigenvalue weighted by Gasteiger charge is -2.19. The van der Waals surface area contributed by atoms with E-state index in [2.05, 4.69) is 27.9 Å². The van der Waals surface area contributed by atoms with Crippen LogP contribution in [0, 0.1) is 0 Å². The van der Waals surface area contributed by atoms with Crippen molar-refractivity contribution < 1.29 is 9.21 Å². The van der Waals surface area contributed by atoms with Gasteiger partial charge in [-0.05, 0) is 35.9 Å². The minimum Gasteiger partial charge on any atom is -0.457 e. The number of likely N-dealkylation sites (N-methyl/N-ethyl adjacent to an activating group) is 1. The van der Waals surface area contributed by atoms with E-state index in [0.29, 0.717) is 10.2 Å². The minimum atomic E-state index is 0.0600. The normalized spacial score (nSPS) is 18.5. The van der Waals surface area contributed by atoms with E-state index in [9.17, 15) is 4.79 Å². The van der Waals surface area contributed by atoms with Crippen molar-refractivity contribution in [3.8, 4) is 0 Å². The molecule has 16 heavy (non-hydrogen) atoms. The molecule has 0 bridgehead atoms. The van der Waals surface area contributed by atoms with E-state index in [1.54, 1.807) is 6.07 Å². The van der Waals surface area contributed by atoms with Gasteiger partial charge in [0.1, 0.15) is 6.26 Å². The van der Waals surface area contributed by atoms with Crippen molar-refractivity contribution in [2.24, 2.45) is 0 Å². The number of rotatable bonds is 1. The zero-order chi connectivity index (χ0) is 11.5. The predicted molar refractivity (Wildman–Crippen MR) is 64.4 cm³/mol. The number of amides is 1. The Morgan fingerprint density at radius 1 is 1.38 bits per heavy atom. The van der Waals surface area contributed by atoms with Gasteiger partial charge in [-0.25, -0.2) is 0 Å². The van der Waals surface area contributed by atoms with Gasteiger partial charge in [0.25, 0.3) is 5.91 Å². The third kappa shape index (κ3) is 2.65. The van der Waals surface area contributed by atoms with Gasteiger partial charge in [-0.1, -0.05) is 0 Å². The summed E-state index contributed by atoms with van der Waals surface area (Å²) in [6.07, 6.45) is 2.53. The van der Waals surface area contributed by atoms with Gasteiger partial charge >= 0.3 is 0 Å². The van der Waals surface area contributed by atoms with Crippen molar-refractivity contribution in [2.45, 2.75) is 6.42 Å². The molecule has 0 saturated carbocycles. The molecule has 0 atom stereocenters. The minimum absolute atomic E-state index is 0.0600. The quantitative estimate of drug-likeness (QED) is 0.790. The average Bonchev–Trinajstić information content (AvgIpc) is 2.57. The zero-order valence-corrected chi connectivity index (χ0v) is 10.9. The molecule has 1 aromatic rings. The highest BCUT2D eigenvalue weighted by molar-refractivity contribution is 9.10. The first-order valence-electron chi connectivity index (χ1n) is 5.38. The summed E-state index contributed by atoms with van der Waals surface area (Å²) in [5, 5.41) is 0. The Balaban J connectivity index is 2.04. The summed E-state index contributed by atoms with van der Waals surface area (Å²) in [5.41, 5.74) is 0.622. The molecule has 5 heteroatoms. The molecule has 0 aliphatic carbocycles. The highest BCUT2D eigenvalue weighted by Gasteiger charge is 2.20. The van der Waals surface area contributed by atoms with Crippen LogP contribution in [0.3, 0.4) is 0 Å². The van der Waals surface area contributed by atoms with Gasteiger partial charge in [-0.3, -0.25) is 4.79 Å². The van der Waals surface area contributed by atoms with Crippen LogP contribution < -0.4 is 0 Å². The summed E-state index contributed by atoms with van der Waals surface area (Å²) < 4.78 is 5.69. The first-order valence-corrected chi connectivity index (χ1v) is 6.18. The maximum Gasteiger partial charge on any atom is 0.257 e. The standard InChI is InChI=1S/C11H15BrN2O2/c1-13-3-2-4-14(6-5-13)11(15)9-7-10(12)16-8-9/h7-8H,2-6H2,1H3. The zero-order valence-electron chi connectivity index (χ0n) is 9.28. The molecule has 1 aromatic heterocycles. The Labute approximate surface area is 103 Å².